The fraction of sp³-hybridized carbons (Fsp3) is 0.440. The molecule has 0 saturated heterocycles. The van der Waals surface area contributed by atoms with Gasteiger partial charge >= 0.3 is 0 Å². The minimum Gasteiger partial charge on any atom is -0.294 e. The van der Waals surface area contributed by atoms with E-state index < -0.39 is 22.0 Å². The first-order valence-corrected chi connectivity index (χ1v) is 15.0. The maximum absolute atomic E-state index is 11.9. The van der Waals surface area contributed by atoms with E-state index in [2.05, 4.69) is 36.3 Å². The standard InChI is InChI=1S/C12H15BrClNOS.C8H6BrClO.C4H11NOS.CH4/c1-8(15-17(16)12(2,3)4)10-6-5-9(13)7-11(10)14;1-5(11)7-3-2-6(9)4-8(7)10;1-4(2,3)7(5)6;/h5-7H,1-4H3;2-4H,1H3;5H2,1-3H3;1H4/t17-;;7-;/m0.0./s1. The fourth-order valence-electron chi connectivity index (χ4n) is 1.87. The molecule has 0 aliphatic rings. The van der Waals surface area contributed by atoms with Crippen LogP contribution in [-0.4, -0.2) is 29.4 Å². The SMILES string of the molecule is C.CC(=N[S@@](=O)C(C)(C)C)c1ccc(Br)cc1Cl.CC(=O)c1ccc(Br)cc1Cl.CC(C)(C)[S@@](N)=O. The number of nitrogens with two attached hydrogens (primary N) is 1. The molecule has 5 nitrogen and oxygen atoms in total. The normalized spacial score (nSPS) is 13.2. The molecule has 0 aliphatic heterocycles. The van der Waals surface area contributed by atoms with Crippen LogP contribution in [0.2, 0.25) is 10.0 Å². The maximum atomic E-state index is 11.9. The van der Waals surface area contributed by atoms with Crippen molar-refractivity contribution in [2.45, 2.75) is 72.3 Å². The van der Waals surface area contributed by atoms with Crippen molar-refractivity contribution in [3.8, 4) is 0 Å². The van der Waals surface area contributed by atoms with Crippen molar-refractivity contribution in [1.82, 2.24) is 0 Å². The molecule has 204 valence electrons. The number of carbonyl (C=O) groups is 1. The molecular formula is C25H36Br2Cl2N2O3S2. The Bertz CT molecular complexity index is 1110. The Labute approximate surface area is 248 Å². The van der Waals surface area contributed by atoms with Gasteiger partial charge in [0.1, 0.15) is 11.0 Å². The van der Waals surface area contributed by atoms with Gasteiger partial charge in [-0.15, -0.1) is 0 Å². The zero-order chi connectivity index (χ0) is 27.7. The largest absolute Gasteiger partial charge is 0.294 e. The average Bonchev–Trinajstić information content (AvgIpc) is 2.66. The predicted octanol–water partition coefficient (Wildman–Crippen LogP) is 8.72. The topological polar surface area (TPSA) is 89.6 Å². The lowest BCUT2D eigenvalue weighted by Gasteiger charge is -2.14. The summed E-state index contributed by atoms with van der Waals surface area (Å²) >= 11 is 18.5. The van der Waals surface area contributed by atoms with Gasteiger partial charge in [0.2, 0.25) is 0 Å². The van der Waals surface area contributed by atoms with E-state index in [4.69, 9.17) is 28.3 Å². The van der Waals surface area contributed by atoms with Crippen LogP contribution in [0.25, 0.3) is 0 Å². The summed E-state index contributed by atoms with van der Waals surface area (Å²) in [7, 11) is -2.45. The lowest BCUT2D eigenvalue weighted by atomic mass is 10.1. The number of rotatable bonds is 3. The quantitative estimate of drug-likeness (QED) is 0.256. The van der Waals surface area contributed by atoms with Crippen LogP contribution in [0.3, 0.4) is 0 Å². The zero-order valence-corrected chi connectivity index (χ0v) is 27.4. The number of Topliss-reactive ketones (excluding diaryl/α,β-unsaturated/α-hetero) is 1. The molecule has 0 fully saturated rings. The Morgan fingerprint density at radius 1 is 0.833 bits per heavy atom. The molecule has 0 radical (unpaired) electrons. The number of hydrogen-bond donors (Lipinski definition) is 1. The number of nitrogens with zero attached hydrogens (tertiary/aromatic N) is 1. The second-order valence-corrected chi connectivity index (χ2v) is 15.6. The van der Waals surface area contributed by atoms with Crippen LogP contribution in [-0.2, 0) is 22.0 Å². The van der Waals surface area contributed by atoms with E-state index in [0.717, 1.165) is 14.5 Å². The van der Waals surface area contributed by atoms with Crippen molar-refractivity contribution in [2.24, 2.45) is 9.54 Å². The van der Waals surface area contributed by atoms with Gasteiger partial charge in [-0.1, -0.05) is 68.6 Å². The molecular weight excluding hydrogens is 671 g/mol. The summed E-state index contributed by atoms with van der Waals surface area (Å²) < 4.78 is 27.6. The molecule has 0 bridgehead atoms. The Hall–Kier alpha value is -0.420. The van der Waals surface area contributed by atoms with E-state index in [0.29, 0.717) is 21.3 Å². The predicted molar refractivity (Wildman–Crippen MR) is 167 cm³/mol. The highest BCUT2D eigenvalue weighted by Gasteiger charge is 2.19. The summed E-state index contributed by atoms with van der Waals surface area (Å²) in [6, 6.07) is 10.8. The highest BCUT2D eigenvalue weighted by Crippen LogP contribution is 2.23. The van der Waals surface area contributed by atoms with Gasteiger partial charge in [-0.2, -0.15) is 4.40 Å². The van der Waals surface area contributed by atoms with Gasteiger partial charge in [-0.3, -0.25) is 9.93 Å². The smallest absolute Gasteiger partial charge is 0.161 e. The summed E-state index contributed by atoms with van der Waals surface area (Å²) in [5, 5.41) is 6.14. The van der Waals surface area contributed by atoms with Crippen molar-refractivity contribution in [2.75, 3.05) is 0 Å². The van der Waals surface area contributed by atoms with Gasteiger partial charge in [0, 0.05) is 20.1 Å². The minimum absolute atomic E-state index is 0. The summed E-state index contributed by atoms with van der Waals surface area (Å²) in [6.45, 7) is 14.5. The monoisotopic (exact) mass is 704 g/mol. The summed E-state index contributed by atoms with van der Waals surface area (Å²) in [5.74, 6) is -0.0116. The van der Waals surface area contributed by atoms with Crippen LogP contribution in [0.4, 0.5) is 0 Å². The molecule has 0 saturated carbocycles. The van der Waals surface area contributed by atoms with Crippen LogP contribution in [0.15, 0.2) is 49.7 Å². The van der Waals surface area contributed by atoms with Gasteiger partial charge in [0.05, 0.1) is 36.2 Å². The van der Waals surface area contributed by atoms with Crippen LogP contribution >= 0.6 is 55.1 Å². The number of halogens is 4. The summed E-state index contributed by atoms with van der Waals surface area (Å²) in [4.78, 5) is 10.9. The average molecular weight is 707 g/mol. The van der Waals surface area contributed by atoms with Crippen LogP contribution in [0.5, 0.6) is 0 Å². The highest BCUT2D eigenvalue weighted by atomic mass is 79.9. The number of hydrogen-bond acceptors (Lipinski definition) is 3. The van der Waals surface area contributed by atoms with E-state index in [1.54, 1.807) is 24.3 Å². The Balaban J connectivity index is 0. The first-order chi connectivity index (χ1) is 15.8. The van der Waals surface area contributed by atoms with Gasteiger partial charge in [-0.25, -0.2) is 8.42 Å². The van der Waals surface area contributed by atoms with Gasteiger partial charge in [-0.05, 0) is 85.7 Å². The molecule has 2 atom stereocenters. The first-order valence-electron chi connectivity index (χ1n) is 10.3. The van der Waals surface area contributed by atoms with Crippen molar-refractivity contribution in [3.05, 3.63) is 66.5 Å². The van der Waals surface area contributed by atoms with Gasteiger partial charge in [0.25, 0.3) is 0 Å². The van der Waals surface area contributed by atoms with Crippen LogP contribution < -0.4 is 5.14 Å². The number of ketones is 1. The fourth-order valence-corrected chi connectivity index (χ4v) is 4.11. The second kappa shape index (κ2) is 16.5. The second-order valence-electron chi connectivity index (χ2n) is 9.25. The summed E-state index contributed by atoms with van der Waals surface area (Å²) in [6.07, 6.45) is 0. The molecule has 2 aromatic rings. The van der Waals surface area contributed by atoms with E-state index in [1.807, 2.05) is 60.6 Å². The molecule has 0 spiro atoms. The number of benzene rings is 2. The Morgan fingerprint density at radius 3 is 1.47 bits per heavy atom. The van der Waals surface area contributed by atoms with E-state index >= 15 is 0 Å². The van der Waals surface area contributed by atoms with Crippen molar-refractivity contribution < 1.29 is 13.2 Å². The highest BCUT2D eigenvalue weighted by molar-refractivity contribution is 9.10. The molecule has 2 aromatic carbocycles. The van der Waals surface area contributed by atoms with Crippen LogP contribution in [0.1, 0.15) is 78.7 Å². The maximum Gasteiger partial charge on any atom is 0.161 e. The molecule has 0 heterocycles. The molecule has 0 aliphatic carbocycles. The Morgan fingerprint density at radius 2 is 1.19 bits per heavy atom. The molecule has 11 heteroatoms. The van der Waals surface area contributed by atoms with Gasteiger partial charge < -0.3 is 0 Å². The zero-order valence-electron chi connectivity index (χ0n) is 21.0. The van der Waals surface area contributed by atoms with Crippen molar-refractivity contribution >= 4 is 88.5 Å². The molecule has 0 amide bonds. The molecule has 2 N–H and O–H groups in total. The lowest BCUT2D eigenvalue weighted by Crippen LogP contribution is -2.27. The van der Waals surface area contributed by atoms with E-state index in [1.165, 1.54) is 6.92 Å². The Kier molecular flexibility index (Phi) is 17.3. The third-order valence-electron chi connectivity index (χ3n) is 3.98. The molecule has 36 heavy (non-hydrogen) atoms. The van der Waals surface area contributed by atoms with Crippen molar-refractivity contribution in [1.29, 1.82) is 0 Å². The first kappa shape index (κ1) is 37.7. The molecule has 2 rings (SSSR count). The molecule has 0 aromatic heterocycles. The van der Waals surface area contributed by atoms with E-state index in [-0.39, 0.29) is 22.7 Å². The third kappa shape index (κ3) is 14.5. The molecule has 0 unspecified atom stereocenters. The lowest BCUT2D eigenvalue weighted by molar-refractivity contribution is 0.101. The number of carbonyl (C=O) groups excluding carboxylic acids is 1. The van der Waals surface area contributed by atoms with Gasteiger partial charge in [0.15, 0.2) is 5.78 Å². The van der Waals surface area contributed by atoms with Crippen LogP contribution in [0, 0.1) is 0 Å². The minimum atomic E-state index is -1.26. The van der Waals surface area contributed by atoms with E-state index in [9.17, 15) is 13.2 Å². The third-order valence-corrected chi connectivity index (χ3v) is 8.29. The summed E-state index contributed by atoms with van der Waals surface area (Å²) in [5.41, 5.74) is 2.07. The van der Waals surface area contributed by atoms with Crippen molar-refractivity contribution in [3.63, 3.8) is 0 Å².